The summed E-state index contributed by atoms with van der Waals surface area (Å²) >= 11 is 0. The summed E-state index contributed by atoms with van der Waals surface area (Å²) in [5, 5.41) is 20.7. The molecule has 119 heavy (non-hydrogen) atoms. The van der Waals surface area contributed by atoms with E-state index in [1.165, 1.54) is 148 Å². The van der Waals surface area contributed by atoms with E-state index in [0.717, 1.165) is 173 Å². The lowest BCUT2D eigenvalue weighted by Crippen LogP contribution is -2.30. The third kappa shape index (κ3) is 93.2. The van der Waals surface area contributed by atoms with Crippen LogP contribution in [0.1, 0.15) is 380 Å². The molecule has 5 atom stereocenters. The fraction of sp³-hybridized carbons (Fsp3) is 0.673. The van der Waals surface area contributed by atoms with Crippen molar-refractivity contribution >= 4 is 33.6 Å². The van der Waals surface area contributed by atoms with Crippen LogP contribution < -0.4 is 0 Å². The van der Waals surface area contributed by atoms with Gasteiger partial charge in [0.25, 0.3) is 0 Å². The molecule has 0 aromatic heterocycles. The lowest BCUT2D eigenvalue weighted by atomic mass is 10.0. The van der Waals surface area contributed by atoms with Gasteiger partial charge in [0.05, 0.1) is 26.4 Å². The largest absolute Gasteiger partial charge is 0.472 e. The van der Waals surface area contributed by atoms with Crippen LogP contribution in [0.3, 0.4) is 0 Å². The Hall–Kier alpha value is -5.35. The zero-order chi connectivity index (χ0) is 86.5. The van der Waals surface area contributed by atoms with E-state index in [0.29, 0.717) is 19.3 Å². The van der Waals surface area contributed by atoms with Gasteiger partial charge in [0, 0.05) is 19.3 Å². The molecule has 0 aromatic carbocycles. The lowest BCUT2D eigenvalue weighted by Gasteiger charge is -2.21. The number of rotatable bonds is 88. The molecule has 0 rings (SSSR count). The molecule has 0 fully saturated rings. The van der Waals surface area contributed by atoms with Crippen molar-refractivity contribution in [2.24, 2.45) is 0 Å². The second kappa shape index (κ2) is 91.8. The Kier molecular flexibility index (Phi) is 87.7. The molecule has 5 unspecified atom stereocenters. The molecule has 0 amide bonds. The molecule has 16 nitrogen and oxygen atoms in total. The first-order chi connectivity index (χ1) is 58.2. The highest BCUT2D eigenvalue weighted by Gasteiger charge is 2.29. The third-order valence-electron chi connectivity index (χ3n) is 19.6. The fourth-order valence-electron chi connectivity index (χ4n) is 12.6. The van der Waals surface area contributed by atoms with Gasteiger partial charge in [0.1, 0.15) is 25.4 Å². The maximum Gasteiger partial charge on any atom is 0.472 e. The summed E-state index contributed by atoms with van der Waals surface area (Å²) in [5.41, 5.74) is 0. The van der Waals surface area contributed by atoms with Crippen molar-refractivity contribution in [3.8, 4) is 0 Å². The van der Waals surface area contributed by atoms with Gasteiger partial charge < -0.3 is 34.2 Å². The number of carbonyl (C=O) groups excluding carboxylic acids is 3. The van der Waals surface area contributed by atoms with E-state index in [1.54, 1.807) is 0 Å². The van der Waals surface area contributed by atoms with Crippen LogP contribution in [0.15, 0.2) is 182 Å². The van der Waals surface area contributed by atoms with Gasteiger partial charge in [-0.2, -0.15) is 0 Å². The highest BCUT2D eigenvalue weighted by atomic mass is 31.2. The van der Waals surface area contributed by atoms with Gasteiger partial charge >= 0.3 is 33.6 Å². The first-order valence-corrected chi connectivity index (χ1v) is 50.1. The van der Waals surface area contributed by atoms with Gasteiger partial charge in [0.15, 0.2) is 6.10 Å². The number of phosphoric acid groups is 2. The minimum Gasteiger partial charge on any atom is -0.463 e. The zero-order valence-corrected chi connectivity index (χ0v) is 76.8. The second-order valence-corrected chi connectivity index (χ2v) is 33.9. The van der Waals surface area contributed by atoms with Gasteiger partial charge in [-0.15, -0.1) is 0 Å². The first kappa shape index (κ1) is 114. The molecule has 0 aliphatic heterocycles. The van der Waals surface area contributed by atoms with Crippen molar-refractivity contribution in [3.63, 3.8) is 0 Å². The highest BCUT2D eigenvalue weighted by molar-refractivity contribution is 7.47. The number of esters is 3. The summed E-state index contributed by atoms with van der Waals surface area (Å²) in [5.74, 6) is -1.59. The summed E-state index contributed by atoms with van der Waals surface area (Å²) in [6, 6.07) is 0. The number of ether oxygens (including phenoxy) is 3. The number of aliphatic hydroxyl groups is 2. The van der Waals surface area contributed by atoms with Gasteiger partial charge in [-0.25, -0.2) is 9.13 Å². The van der Waals surface area contributed by atoms with E-state index in [-0.39, 0.29) is 19.3 Å². The Morgan fingerprint density at radius 3 is 0.664 bits per heavy atom. The van der Waals surface area contributed by atoms with Gasteiger partial charge in [-0.3, -0.25) is 32.5 Å². The molecule has 0 saturated heterocycles. The molecule has 0 aliphatic carbocycles. The number of carbonyl (C=O) groups is 3. The van der Waals surface area contributed by atoms with Crippen LogP contribution in [0, 0.1) is 0 Å². The molecule has 0 spiro atoms. The number of hydrogen-bond acceptors (Lipinski definition) is 14. The average Bonchev–Trinajstić information content (AvgIpc) is 0.905. The minimum absolute atomic E-state index is 0.0783. The van der Waals surface area contributed by atoms with Gasteiger partial charge in [-0.05, 0) is 154 Å². The number of aliphatic hydroxyl groups excluding tert-OH is 2. The predicted octanol–water partition coefficient (Wildman–Crippen LogP) is 29.2. The molecule has 0 aromatic rings. The molecular weight excluding hydrogens is 1530 g/mol. The maximum absolute atomic E-state index is 13.1. The van der Waals surface area contributed by atoms with Crippen LogP contribution in [-0.2, 0) is 55.8 Å². The number of allylic oxidation sites excluding steroid dienone is 30. The van der Waals surface area contributed by atoms with Crippen molar-refractivity contribution in [2.45, 2.75) is 399 Å². The number of phosphoric ester groups is 2. The fourth-order valence-corrected chi connectivity index (χ4v) is 14.2. The Balaban J connectivity index is 4.59. The maximum atomic E-state index is 13.1. The van der Waals surface area contributed by atoms with Crippen molar-refractivity contribution in [2.75, 3.05) is 39.6 Å². The Labute approximate surface area is 725 Å². The topological polar surface area (TPSA) is 231 Å². The second-order valence-electron chi connectivity index (χ2n) is 31.0. The quantitative estimate of drug-likeness (QED) is 0.0146. The van der Waals surface area contributed by atoms with E-state index < -0.39 is 91.5 Å². The van der Waals surface area contributed by atoms with Crippen molar-refractivity contribution in [1.82, 2.24) is 0 Å². The highest BCUT2D eigenvalue weighted by Crippen LogP contribution is 2.45. The summed E-state index contributed by atoms with van der Waals surface area (Å²) in [6.45, 7) is 2.36. The van der Waals surface area contributed by atoms with Gasteiger partial charge in [0.2, 0.25) is 0 Å². The van der Waals surface area contributed by atoms with Crippen LogP contribution in [0.4, 0.5) is 0 Å². The average molecular weight is 1700 g/mol. The molecule has 0 radical (unpaired) electrons. The monoisotopic (exact) mass is 1700 g/mol. The molecule has 0 bridgehead atoms. The van der Waals surface area contributed by atoms with E-state index in [4.69, 9.17) is 32.3 Å². The van der Waals surface area contributed by atoms with Crippen LogP contribution in [0.5, 0.6) is 0 Å². The molecule has 18 heteroatoms. The zero-order valence-electron chi connectivity index (χ0n) is 75.0. The molecular formula is C101H170O16P2. The minimum atomic E-state index is -4.95. The van der Waals surface area contributed by atoms with E-state index >= 15 is 0 Å². The van der Waals surface area contributed by atoms with Gasteiger partial charge in [-0.1, -0.05) is 389 Å². The standard InChI is InChI=1S/C101H170O16P2/c1-4-7-10-13-16-19-22-25-28-31-34-37-39-41-43-45-47-49-51-53-55-58-60-63-66-69-72-75-78-81-84-87-99(104)111-90-96(102)91-113-118(107,108)114-92-97(103)93-115-119(109,110)116-95-98(117-101(106)89-86-83-80-77-74-71-68-65-62-57-36-33-30-27-24-21-18-15-12-9-6-3)94-112-100(105)88-85-82-79-76-73-70-67-64-61-59-56-54-52-50-48-46-44-42-40-38-35-32-29-26-23-20-17-14-11-8-5-2/h7-12,16-21,25-30,34-38,41-44,57,65,68,96-98,102-103H,4-6,13-15,22-24,31-33,39-40,45-56,58-64,66-67,69-95H2,1-3H3,(H,107,108)(H,109,110)/b10-7-,11-8-,12-9-,19-16-,20-17-,21-18-,28-25-,29-26-,30-27-,37-34-,38-35-,43-41-,44-42-,57-36-,68-65-. The molecule has 680 valence electrons. The Morgan fingerprint density at radius 2 is 0.420 bits per heavy atom. The summed E-state index contributed by atoms with van der Waals surface area (Å²) in [6.07, 6.45) is 121. The molecule has 0 saturated carbocycles. The number of hydrogen-bond donors (Lipinski definition) is 4. The molecule has 0 aliphatic rings. The summed E-state index contributed by atoms with van der Waals surface area (Å²) < 4.78 is 61.5. The normalized spacial score (nSPS) is 14.6. The summed E-state index contributed by atoms with van der Waals surface area (Å²) in [7, 11) is -9.82. The van der Waals surface area contributed by atoms with Crippen LogP contribution in [0.25, 0.3) is 0 Å². The summed E-state index contributed by atoms with van der Waals surface area (Å²) in [4.78, 5) is 59.0. The smallest absolute Gasteiger partial charge is 0.463 e. The molecule has 4 N–H and O–H groups in total. The third-order valence-corrected chi connectivity index (χ3v) is 21.5. The first-order valence-electron chi connectivity index (χ1n) is 47.1. The van der Waals surface area contributed by atoms with E-state index in [1.807, 2.05) is 0 Å². The van der Waals surface area contributed by atoms with Crippen LogP contribution in [-0.4, -0.2) is 95.9 Å². The van der Waals surface area contributed by atoms with E-state index in [9.17, 15) is 43.5 Å². The SMILES string of the molecule is CC/C=C\C/C=C\C/C=C\C/C=C\C/C=C\CCCCCCCCCCCCCCCCCC(=O)OCC(O)COP(=O)(O)OCC(O)COP(=O)(O)OCC(COC(=O)CCCCCCCCCCCCCCCCC/C=C\C/C=C\C/C=C\C/C=C\C/C=C\CC)OC(=O)CCCCCCC/C=C\C/C=C\C/C=C\C/C=C\C/C=C\CC. The Bertz CT molecular complexity index is 2890. The molecule has 0 heterocycles. The van der Waals surface area contributed by atoms with E-state index in [2.05, 4.69) is 203 Å². The van der Waals surface area contributed by atoms with Crippen LogP contribution in [0.2, 0.25) is 0 Å². The van der Waals surface area contributed by atoms with Crippen molar-refractivity contribution in [1.29, 1.82) is 0 Å². The van der Waals surface area contributed by atoms with Crippen molar-refractivity contribution < 1.29 is 75.8 Å². The predicted molar refractivity (Wildman–Crippen MR) is 500 cm³/mol. The number of unbranched alkanes of at least 4 members (excludes halogenated alkanes) is 35. The Morgan fingerprint density at radius 1 is 0.235 bits per heavy atom. The van der Waals surface area contributed by atoms with Crippen LogP contribution >= 0.6 is 15.6 Å². The van der Waals surface area contributed by atoms with Crippen molar-refractivity contribution in [3.05, 3.63) is 182 Å². The lowest BCUT2D eigenvalue weighted by molar-refractivity contribution is -0.161.